The molecular formula is C17H26N4O2+2. The number of nitrogens with zero attached hydrogens (tertiary/aromatic N) is 1. The van der Waals surface area contributed by atoms with E-state index >= 15 is 0 Å². The first-order valence-electron chi connectivity index (χ1n) is 8.48. The standard InChI is InChI=1S/C17H24N4O2/c22-16(12-15-17(23)19-7-6-18-15)21-10-8-20(9-11-21)13-14-4-2-1-3-5-14/h1-5,15,18H,6-13H2,(H,19,23)/p+2/t15-/m0/s1. The Hall–Kier alpha value is -1.92. The van der Waals surface area contributed by atoms with Gasteiger partial charge < -0.3 is 20.4 Å². The molecule has 124 valence electrons. The van der Waals surface area contributed by atoms with Crippen molar-refractivity contribution in [1.82, 2.24) is 10.2 Å². The summed E-state index contributed by atoms with van der Waals surface area (Å²) in [7, 11) is 0. The largest absolute Gasteiger partial charge is 0.345 e. The highest BCUT2D eigenvalue weighted by atomic mass is 16.2. The molecule has 2 heterocycles. The Morgan fingerprint density at radius 2 is 2.00 bits per heavy atom. The van der Waals surface area contributed by atoms with Gasteiger partial charge in [0, 0.05) is 5.56 Å². The van der Waals surface area contributed by atoms with Crippen LogP contribution in [-0.4, -0.2) is 62.0 Å². The lowest BCUT2D eigenvalue weighted by Crippen LogP contribution is -3.13. The summed E-state index contributed by atoms with van der Waals surface area (Å²) in [5.74, 6) is 0.111. The quantitative estimate of drug-likeness (QED) is 0.568. The van der Waals surface area contributed by atoms with Gasteiger partial charge >= 0.3 is 0 Å². The zero-order chi connectivity index (χ0) is 16.1. The van der Waals surface area contributed by atoms with E-state index in [2.05, 4.69) is 29.6 Å². The molecule has 0 spiro atoms. The molecule has 0 unspecified atom stereocenters. The monoisotopic (exact) mass is 318 g/mol. The highest BCUT2D eigenvalue weighted by Gasteiger charge is 2.31. The maximum absolute atomic E-state index is 12.4. The molecule has 4 N–H and O–H groups in total. The van der Waals surface area contributed by atoms with Crippen LogP contribution < -0.4 is 15.5 Å². The second-order valence-corrected chi connectivity index (χ2v) is 6.42. The van der Waals surface area contributed by atoms with Crippen molar-refractivity contribution < 1.29 is 19.8 Å². The van der Waals surface area contributed by atoms with Crippen molar-refractivity contribution >= 4 is 11.8 Å². The van der Waals surface area contributed by atoms with Crippen molar-refractivity contribution in [3.8, 4) is 0 Å². The average Bonchev–Trinajstić information content (AvgIpc) is 2.58. The highest BCUT2D eigenvalue weighted by molar-refractivity contribution is 5.87. The van der Waals surface area contributed by atoms with Crippen molar-refractivity contribution in [2.75, 3.05) is 39.3 Å². The van der Waals surface area contributed by atoms with Crippen molar-refractivity contribution in [1.29, 1.82) is 0 Å². The molecule has 0 bridgehead atoms. The predicted octanol–water partition coefficient (Wildman–Crippen LogP) is -2.63. The van der Waals surface area contributed by atoms with E-state index in [0.29, 0.717) is 13.0 Å². The maximum atomic E-state index is 12.4. The van der Waals surface area contributed by atoms with E-state index in [1.165, 1.54) is 10.5 Å². The number of hydrogen-bond donors (Lipinski definition) is 3. The summed E-state index contributed by atoms with van der Waals surface area (Å²) in [5, 5.41) is 4.81. The van der Waals surface area contributed by atoms with Gasteiger partial charge in [0.2, 0.25) is 5.91 Å². The number of carbonyl (C=O) groups excluding carboxylic acids is 2. The molecule has 1 atom stereocenters. The fraction of sp³-hybridized carbons (Fsp3) is 0.529. The SMILES string of the molecule is O=C1NCC[NH2+][C@H]1CC(=O)N1CC[NH+](Cc2ccccc2)CC1. The molecule has 1 aromatic rings. The molecular weight excluding hydrogens is 292 g/mol. The van der Waals surface area contributed by atoms with E-state index in [9.17, 15) is 9.59 Å². The molecule has 23 heavy (non-hydrogen) atoms. The van der Waals surface area contributed by atoms with Crippen LogP contribution in [0.15, 0.2) is 30.3 Å². The number of carbonyl (C=O) groups is 2. The first-order valence-corrected chi connectivity index (χ1v) is 8.48. The molecule has 6 heteroatoms. The number of hydrogen-bond acceptors (Lipinski definition) is 2. The van der Waals surface area contributed by atoms with E-state index in [1.807, 2.05) is 16.3 Å². The molecule has 2 aliphatic heterocycles. The van der Waals surface area contributed by atoms with E-state index in [1.54, 1.807) is 0 Å². The minimum absolute atomic E-state index is 0.00191. The van der Waals surface area contributed by atoms with Crippen LogP contribution in [0.5, 0.6) is 0 Å². The van der Waals surface area contributed by atoms with Gasteiger partial charge in [-0.1, -0.05) is 30.3 Å². The number of benzene rings is 1. The third kappa shape index (κ3) is 4.30. The third-order valence-corrected chi connectivity index (χ3v) is 4.75. The lowest BCUT2D eigenvalue weighted by molar-refractivity contribution is -0.917. The highest BCUT2D eigenvalue weighted by Crippen LogP contribution is 2.00. The fourth-order valence-electron chi connectivity index (χ4n) is 3.34. The summed E-state index contributed by atoms with van der Waals surface area (Å²) in [5.41, 5.74) is 1.34. The second-order valence-electron chi connectivity index (χ2n) is 6.42. The Kier molecular flexibility index (Phi) is 5.25. The predicted molar refractivity (Wildman–Crippen MR) is 85.6 cm³/mol. The number of quaternary nitrogens is 2. The van der Waals surface area contributed by atoms with Gasteiger partial charge in [0.1, 0.15) is 6.54 Å². The summed E-state index contributed by atoms with van der Waals surface area (Å²) in [6.07, 6.45) is 0.319. The first kappa shape index (κ1) is 16.0. The van der Waals surface area contributed by atoms with Crippen LogP contribution in [0, 0.1) is 0 Å². The topological polar surface area (TPSA) is 70.5 Å². The van der Waals surface area contributed by atoms with Gasteiger partial charge in [-0.3, -0.25) is 9.59 Å². The molecule has 0 saturated carbocycles. The smallest absolute Gasteiger partial charge is 0.278 e. The lowest BCUT2D eigenvalue weighted by atomic mass is 10.1. The Labute approximate surface area is 136 Å². The molecule has 2 fully saturated rings. The first-order chi connectivity index (χ1) is 11.2. The van der Waals surface area contributed by atoms with Crippen LogP contribution in [0.4, 0.5) is 0 Å². The number of nitrogens with two attached hydrogens (primary N) is 1. The van der Waals surface area contributed by atoms with Crippen molar-refractivity contribution in [3.63, 3.8) is 0 Å². The van der Waals surface area contributed by atoms with Gasteiger partial charge in [0.25, 0.3) is 5.91 Å². The summed E-state index contributed by atoms with van der Waals surface area (Å²) < 4.78 is 0. The fourth-order valence-corrected chi connectivity index (χ4v) is 3.34. The van der Waals surface area contributed by atoms with E-state index in [-0.39, 0.29) is 17.9 Å². The molecule has 2 saturated heterocycles. The normalized spacial score (nSPS) is 22.7. The maximum Gasteiger partial charge on any atom is 0.278 e. The summed E-state index contributed by atoms with van der Waals surface area (Å²) >= 11 is 0. The molecule has 6 nitrogen and oxygen atoms in total. The number of nitrogens with one attached hydrogen (secondary N) is 2. The zero-order valence-corrected chi connectivity index (χ0v) is 13.5. The van der Waals surface area contributed by atoms with E-state index in [4.69, 9.17) is 0 Å². The summed E-state index contributed by atoms with van der Waals surface area (Å²) in [6.45, 7) is 6.10. The third-order valence-electron chi connectivity index (χ3n) is 4.75. The summed E-state index contributed by atoms with van der Waals surface area (Å²) in [6, 6.07) is 10.2. The molecule has 3 rings (SSSR count). The minimum atomic E-state index is -0.244. The van der Waals surface area contributed by atoms with Crippen LogP contribution in [0.25, 0.3) is 0 Å². The second kappa shape index (κ2) is 7.57. The average molecular weight is 318 g/mol. The van der Waals surface area contributed by atoms with Crippen LogP contribution in [0.3, 0.4) is 0 Å². The summed E-state index contributed by atoms with van der Waals surface area (Å²) in [4.78, 5) is 27.6. The number of amides is 2. The molecule has 0 radical (unpaired) electrons. The van der Waals surface area contributed by atoms with Crippen molar-refractivity contribution in [2.24, 2.45) is 0 Å². The molecule has 0 aliphatic carbocycles. The zero-order valence-electron chi connectivity index (χ0n) is 13.5. The van der Waals surface area contributed by atoms with Gasteiger partial charge in [-0.25, -0.2) is 0 Å². The van der Waals surface area contributed by atoms with Crippen molar-refractivity contribution in [2.45, 2.75) is 19.0 Å². The lowest BCUT2D eigenvalue weighted by Gasteiger charge is -2.33. The molecule has 0 aromatic heterocycles. The Balaban J connectivity index is 1.45. The number of rotatable bonds is 4. The van der Waals surface area contributed by atoms with Gasteiger partial charge in [-0.05, 0) is 0 Å². The van der Waals surface area contributed by atoms with E-state index in [0.717, 1.165) is 39.3 Å². The Bertz CT molecular complexity index is 541. The van der Waals surface area contributed by atoms with Crippen LogP contribution in [0.2, 0.25) is 0 Å². The Morgan fingerprint density at radius 3 is 2.70 bits per heavy atom. The van der Waals surface area contributed by atoms with E-state index < -0.39 is 0 Å². The van der Waals surface area contributed by atoms with Crippen LogP contribution in [0.1, 0.15) is 12.0 Å². The molecule has 2 aliphatic rings. The van der Waals surface area contributed by atoms with Gasteiger partial charge in [0.05, 0.1) is 45.7 Å². The Morgan fingerprint density at radius 1 is 1.26 bits per heavy atom. The number of piperazine rings is 2. The molecule has 1 aromatic carbocycles. The van der Waals surface area contributed by atoms with Gasteiger partial charge in [-0.15, -0.1) is 0 Å². The van der Waals surface area contributed by atoms with Crippen LogP contribution in [-0.2, 0) is 16.1 Å². The van der Waals surface area contributed by atoms with Gasteiger partial charge in [-0.2, -0.15) is 0 Å². The minimum Gasteiger partial charge on any atom is -0.345 e. The van der Waals surface area contributed by atoms with Crippen LogP contribution >= 0.6 is 0 Å². The van der Waals surface area contributed by atoms with Crippen molar-refractivity contribution in [3.05, 3.63) is 35.9 Å². The van der Waals surface area contributed by atoms with Gasteiger partial charge in [0.15, 0.2) is 6.04 Å². The molecule has 2 amide bonds.